The van der Waals surface area contributed by atoms with Gasteiger partial charge in [-0.1, -0.05) is 6.92 Å². The fraction of sp³-hybridized carbons (Fsp3) is 0.667. The quantitative estimate of drug-likeness (QED) is 0.471. The van der Waals surface area contributed by atoms with Crippen LogP contribution in [0.1, 0.15) is 12.7 Å². The number of nitrogens with zero attached hydrogens (tertiary/aromatic N) is 2. The minimum absolute atomic E-state index is 0.457. The summed E-state index contributed by atoms with van der Waals surface area (Å²) in [7, 11) is 0. The number of tetrazole rings is 1. The van der Waals surface area contributed by atoms with Crippen LogP contribution in [0, 0.1) is 4.91 Å². The maximum Gasteiger partial charge on any atom is 0.282 e. The summed E-state index contributed by atoms with van der Waals surface area (Å²) in [6, 6.07) is 0. The van der Waals surface area contributed by atoms with Crippen molar-refractivity contribution in [3.63, 3.8) is 0 Å². The molecular weight excluding hydrogens is 108 g/mol. The Hall–Kier alpha value is -1.13. The summed E-state index contributed by atoms with van der Waals surface area (Å²) in [5, 5.41) is 8.20. The molecule has 5 heteroatoms. The molecule has 1 heterocycles. The molecule has 44 valence electrons. The molecule has 0 unspecified atom stereocenters. The summed E-state index contributed by atoms with van der Waals surface area (Å²) in [4.78, 5) is 10.2. The van der Waals surface area contributed by atoms with E-state index in [1.54, 1.807) is 0 Å². The van der Waals surface area contributed by atoms with Crippen LogP contribution < -0.4 is 4.66 Å². The summed E-state index contributed by atoms with van der Waals surface area (Å²) in [6.45, 7) is 1.91. The number of aromatic amines is 2. The average Bonchev–Trinajstić information content (AvgIpc) is 2.14. The summed E-state index contributed by atoms with van der Waals surface area (Å²) < 4.78 is 0.457. The topological polar surface area (TPSA) is 67.4 Å². The van der Waals surface area contributed by atoms with Gasteiger partial charge >= 0.3 is 0 Å². The van der Waals surface area contributed by atoms with Gasteiger partial charge in [-0.2, -0.15) is 0 Å². The van der Waals surface area contributed by atoms with E-state index in [4.69, 9.17) is 0 Å². The SMILES string of the molecule is CCc1n[nH][n+](=O)[nH]1. The molecule has 0 spiro atoms. The second-order valence-electron chi connectivity index (χ2n) is 1.42. The van der Waals surface area contributed by atoms with E-state index < -0.39 is 0 Å². The Balaban J connectivity index is 3.01. The number of H-pyrrole nitrogens is 2. The normalized spacial score (nSPS) is 9.62. The number of hydrogen-bond donors (Lipinski definition) is 2. The molecule has 0 aliphatic heterocycles. The van der Waals surface area contributed by atoms with E-state index in [1.807, 2.05) is 6.92 Å². The van der Waals surface area contributed by atoms with Gasteiger partial charge in [0, 0.05) is 11.6 Å². The number of aryl methyl sites for hydroxylation is 1. The second-order valence-corrected chi connectivity index (χ2v) is 1.42. The Morgan fingerprint density at radius 2 is 2.62 bits per heavy atom. The molecular formula is C3H7N4O+. The minimum Gasteiger partial charge on any atom is -0.126 e. The van der Waals surface area contributed by atoms with Gasteiger partial charge in [0.2, 0.25) is 0 Å². The zero-order valence-electron chi connectivity index (χ0n) is 4.51. The van der Waals surface area contributed by atoms with Gasteiger partial charge in [-0.25, -0.2) is 0 Å². The number of rotatable bonds is 1. The van der Waals surface area contributed by atoms with Gasteiger partial charge in [0.15, 0.2) is 4.66 Å². The Labute approximate surface area is 45.3 Å². The molecule has 0 saturated carbocycles. The molecule has 1 aromatic rings. The summed E-state index contributed by atoms with van der Waals surface area (Å²) in [5.74, 6) is 0.667. The van der Waals surface area contributed by atoms with Gasteiger partial charge in [-0.3, -0.25) is 0 Å². The van der Waals surface area contributed by atoms with Gasteiger partial charge in [-0.15, -0.1) is 5.10 Å². The lowest BCUT2D eigenvalue weighted by Gasteiger charge is -1.66. The summed E-state index contributed by atoms with van der Waals surface area (Å²) in [5.41, 5.74) is 0. The Kier molecular flexibility index (Phi) is 1.11. The van der Waals surface area contributed by atoms with Crippen molar-refractivity contribution in [3.05, 3.63) is 10.7 Å². The highest BCUT2D eigenvalue weighted by Crippen LogP contribution is 1.77. The molecule has 0 aromatic carbocycles. The van der Waals surface area contributed by atoms with Crippen LogP contribution in [0.4, 0.5) is 0 Å². The summed E-state index contributed by atoms with van der Waals surface area (Å²) in [6.07, 6.45) is 0.742. The van der Waals surface area contributed by atoms with E-state index in [9.17, 15) is 4.91 Å². The maximum atomic E-state index is 10.2. The number of hydrogen-bond acceptors (Lipinski definition) is 2. The molecule has 0 bridgehead atoms. The van der Waals surface area contributed by atoms with Crippen molar-refractivity contribution in [2.45, 2.75) is 13.3 Å². The average molecular weight is 115 g/mol. The second kappa shape index (κ2) is 1.77. The predicted octanol–water partition coefficient (Wildman–Crippen LogP) is -0.785. The zero-order chi connectivity index (χ0) is 5.98. The number of nitrogens with one attached hydrogen (secondary N) is 2. The highest BCUT2D eigenvalue weighted by molar-refractivity contribution is 4.69. The molecule has 0 atom stereocenters. The van der Waals surface area contributed by atoms with Crippen molar-refractivity contribution in [3.8, 4) is 0 Å². The first kappa shape index (κ1) is 5.02. The molecule has 1 rings (SSSR count). The molecule has 0 aliphatic rings. The van der Waals surface area contributed by atoms with E-state index in [0.717, 1.165) is 6.42 Å². The van der Waals surface area contributed by atoms with Crippen LogP contribution in [0.2, 0.25) is 0 Å². The Morgan fingerprint density at radius 3 is 2.88 bits per heavy atom. The first-order valence-electron chi connectivity index (χ1n) is 2.39. The summed E-state index contributed by atoms with van der Waals surface area (Å²) >= 11 is 0. The Morgan fingerprint density at radius 1 is 1.88 bits per heavy atom. The van der Waals surface area contributed by atoms with Crippen LogP contribution in [0.15, 0.2) is 0 Å². The minimum atomic E-state index is 0.457. The largest absolute Gasteiger partial charge is 0.282 e. The molecule has 2 N–H and O–H groups in total. The van der Waals surface area contributed by atoms with Crippen LogP contribution in [0.5, 0.6) is 0 Å². The van der Waals surface area contributed by atoms with Crippen molar-refractivity contribution in [1.29, 1.82) is 0 Å². The molecule has 0 fully saturated rings. The van der Waals surface area contributed by atoms with E-state index >= 15 is 0 Å². The molecule has 1 aromatic heterocycles. The van der Waals surface area contributed by atoms with Crippen molar-refractivity contribution in [2.75, 3.05) is 0 Å². The standard InChI is InChI=1S/C3H7N4O/c1-2-3-4-6-7(8)5-3/h2H2,1H3,(H2,4,5,6,8)/q+1. The molecule has 8 heavy (non-hydrogen) atoms. The molecule has 0 amide bonds. The van der Waals surface area contributed by atoms with E-state index in [-0.39, 0.29) is 0 Å². The fourth-order valence-electron chi connectivity index (χ4n) is 0.431. The van der Waals surface area contributed by atoms with Crippen molar-refractivity contribution in [1.82, 2.24) is 15.4 Å². The lowest BCUT2D eigenvalue weighted by atomic mass is 10.5. The zero-order valence-corrected chi connectivity index (χ0v) is 4.51. The third-order valence-electron chi connectivity index (χ3n) is 0.841. The van der Waals surface area contributed by atoms with Crippen LogP contribution in [0.25, 0.3) is 0 Å². The predicted molar refractivity (Wildman–Crippen MR) is 25.7 cm³/mol. The van der Waals surface area contributed by atoms with Crippen LogP contribution >= 0.6 is 0 Å². The third-order valence-corrected chi connectivity index (χ3v) is 0.841. The first-order chi connectivity index (χ1) is 3.83. The van der Waals surface area contributed by atoms with Crippen molar-refractivity contribution < 1.29 is 4.66 Å². The van der Waals surface area contributed by atoms with Crippen LogP contribution in [0.3, 0.4) is 0 Å². The highest BCUT2D eigenvalue weighted by atomic mass is 16.3. The smallest absolute Gasteiger partial charge is 0.126 e. The van der Waals surface area contributed by atoms with Gasteiger partial charge in [0.25, 0.3) is 5.82 Å². The van der Waals surface area contributed by atoms with Crippen LogP contribution in [-0.4, -0.2) is 15.4 Å². The Bertz CT molecular complexity index is 211. The first-order valence-corrected chi connectivity index (χ1v) is 2.39. The lowest BCUT2D eigenvalue weighted by Crippen LogP contribution is -2.18. The van der Waals surface area contributed by atoms with E-state index in [2.05, 4.69) is 15.4 Å². The van der Waals surface area contributed by atoms with Crippen LogP contribution in [-0.2, 0) is 6.42 Å². The third kappa shape index (κ3) is 0.749. The lowest BCUT2D eigenvalue weighted by molar-refractivity contribution is -0.626. The molecule has 0 aliphatic carbocycles. The van der Waals surface area contributed by atoms with E-state index in [1.165, 1.54) is 0 Å². The van der Waals surface area contributed by atoms with Crippen molar-refractivity contribution >= 4 is 0 Å². The highest BCUT2D eigenvalue weighted by Gasteiger charge is 1.99. The maximum absolute atomic E-state index is 10.2. The molecule has 5 nitrogen and oxygen atoms in total. The van der Waals surface area contributed by atoms with Gasteiger partial charge in [-0.05, 0) is 4.91 Å². The van der Waals surface area contributed by atoms with Crippen molar-refractivity contribution in [2.24, 2.45) is 0 Å². The number of aromatic nitrogens is 4. The monoisotopic (exact) mass is 115 g/mol. The molecule has 0 saturated heterocycles. The van der Waals surface area contributed by atoms with Gasteiger partial charge < -0.3 is 0 Å². The van der Waals surface area contributed by atoms with Gasteiger partial charge in [0.05, 0.1) is 5.10 Å². The van der Waals surface area contributed by atoms with Gasteiger partial charge in [0.1, 0.15) is 0 Å². The molecule has 0 radical (unpaired) electrons. The van der Waals surface area contributed by atoms with E-state index in [0.29, 0.717) is 10.5 Å². The fourth-order valence-corrected chi connectivity index (χ4v) is 0.431.